The van der Waals surface area contributed by atoms with Gasteiger partial charge in [0.1, 0.15) is 12.4 Å². The van der Waals surface area contributed by atoms with Crippen LogP contribution in [0.3, 0.4) is 0 Å². The van der Waals surface area contributed by atoms with Crippen LogP contribution in [-0.2, 0) is 24.8 Å². The van der Waals surface area contributed by atoms with E-state index in [-0.39, 0.29) is 10.6 Å². The second kappa shape index (κ2) is 8.16. The highest BCUT2D eigenvalue weighted by atomic mass is 32.2. The van der Waals surface area contributed by atoms with Crippen molar-refractivity contribution in [2.45, 2.75) is 4.90 Å². The summed E-state index contributed by atoms with van der Waals surface area (Å²) in [4.78, 5) is 12.8. The van der Waals surface area contributed by atoms with E-state index in [1.165, 1.54) is 31.3 Å². The molecule has 0 spiro atoms. The Labute approximate surface area is 191 Å². The number of benzene rings is 3. The van der Waals surface area contributed by atoms with E-state index < -0.39 is 38.3 Å². The fourth-order valence-corrected chi connectivity index (χ4v) is 5.72. The Kier molecular flexibility index (Phi) is 5.62. The van der Waals surface area contributed by atoms with Crippen molar-refractivity contribution in [1.82, 2.24) is 0 Å². The number of nitrogens with zero attached hydrogens (tertiary/aromatic N) is 2. The van der Waals surface area contributed by atoms with Crippen LogP contribution in [0.1, 0.15) is 0 Å². The lowest BCUT2D eigenvalue weighted by molar-refractivity contribution is -0.114. The predicted molar refractivity (Wildman–Crippen MR) is 125 cm³/mol. The predicted octanol–water partition coefficient (Wildman–Crippen LogP) is 3.04. The summed E-state index contributed by atoms with van der Waals surface area (Å²) in [6.07, 6.45) is 1.05. The molecule has 4 rings (SSSR count). The summed E-state index contributed by atoms with van der Waals surface area (Å²) in [5.41, 5.74) is 1.54. The van der Waals surface area contributed by atoms with E-state index in [2.05, 4.69) is 5.32 Å². The number of sulfonamides is 2. The van der Waals surface area contributed by atoms with Gasteiger partial charge in [0.05, 0.1) is 22.5 Å². The maximum Gasteiger partial charge on any atom is 0.265 e. The summed E-state index contributed by atoms with van der Waals surface area (Å²) in [5, 5.41) is 2.60. The van der Waals surface area contributed by atoms with Crippen molar-refractivity contribution in [1.29, 1.82) is 0 Å². The van der Waals surface area contributed by atoms with Gasteiger partial charge in [-0.3, -0.25) is 13.4 Å². The highest BCUT2D eigenvalue weighted by molar-refractivity contribution is 7.93. The first kappa shape index (κ1) is 22.7. The summed E-state index contributed by atoms with van der Waals surface area (Å²) < 4.78 is 66.0. The second-order valence-electron chi connectivity index (χ2n) is 7.50. The van der Waals surface area contributed by atoms with E-state index in [1.54, 1.807) is 36.4 Å². The van der Waals surface area contributed by atoms with Crippen LogP contribution in [0.15, 0.2) is 71.6 Å². The van der Waals surface area contributed by atoms with Gasteiger partial charge in [-0.1, -0.05) is 24.3 Å². The molecule has 0 bridgehead atoms. The molecule has 172 valence electrons. The Balaban J connectivity index is 1.65. The van der Waals surface area contributed by atoms with Gasteiger partial charge in [-0.05, 0) is 42.5 Å². The molecular formula is C22H20FN3O5S2. The van der Waals surface area contributed by atoms with Crippen LogP contribution in [0.2, 0.25) is 0 Å². The normalized spacial score (nSPS) is 14.2. The standard InChI is InChI=1S/C22H20FN3O5S2/c1-25(32(2,28)29)17-7-5-6-16(13-17)24-22(27)14-26-20-11-10-15(23)12-19(20)18-8-3-4-9-21(18)33(26,30)31/h3-13H,14H2,1-2H3,(H,24,27). The van der Waals surface area contributed by atoms with Crippen molar-refractivity contribution in [2.24, 2.45) is 0 Å². The summed E-state index contributed by atoms with van der Waals surface area (Å²) in [6, 6.07) is 16.1. The number of halogens is 1. The first-order valence-corrected chi connectivity index (χ1v) is 13.0. The summed E-state index contributed by atoms with van der Waals surface area (Å²) in [7, 11) is -6.20. The first-order chi connectivity index (χ1) is 15.5. The molecule has 0 saturated heterocycles. The van der Waals surface area contributed by atoms with E-state index in [0.29, 0.717) is 22.5 Å². The molecule has 0 atom stereocenters. The van der Waals surface area contributed by atoms with E-state index >= 15 is 0 Å². The zero-order valence-corrected chi connectivity index (χ0v) is 19.3. The number of amides is 1. The average Bonchev–Trinajstić information content (AvgIpc) is 2.76. The molecule has 1 heterocycles. The van der Waals surface area contributed by atoms with Crippen molar-refractivity contribution in [3.63, 3.8) is 0 Å². The lowest BCUT2D eigenvalue weighted by Gasteiger charge is -2.31. The van der Waals surface area contributed by atoms with Gasteiger partial charge in [-0.2, -0.15) is 0 Å². The summed E-state index contributed by atoms with van der Waals surface area (Å²) >= 11 is 0. The molecule has 8 nitrogen and oxygen atoms in total. The number of hydrogen-bond donors (Lipinski definition) is 1. The molecule has 3 aromatic carbocycles. The highest BCUT2D eigenvalue weighted by Crippen LogP contribution is 2.43. The van der Waals surface area contributed by atoms with Gasteiger partial charge in [0.2, 0.25) is 15.9 Å². The van der Waals surface area contributed by atoms with Crippen molar-refractivity contribution in [3.05, 3.63) is 72.5 Å². The van der Waals surface area contributed by atoms with E-state index in [9.17, 15) is 26.0 Å². The van der Waals surface area contributed by atoms with Crippen LogP contribution in [0, 0.1) is 5.82 Å². The van der Waals surface area contributed by atoms with Crippen LogP contribution >= 0.6 is 0 Å². The zero-order chi connectivity index (χ0) is 24.0. The molecule has 1 N–H and O–H groups in total. The van der Waals surface area contributed by atoms with Crippen LogP contribution in [-0.4, -0.2) is 42.6 Å². The third kappa shape index (κ3) is 4.29. The van der Waals surface area contributed by atoms with Crippen molar-refractivity contribution < 1.29 is 26.0 Å². The van der Waals surface area contributed by atoms with Crippen molar-refractivity contribution in [3.8, 4) is 11.1 Å². The molecule has 0 unspecified atom stereocenters. The Hall–Kier alpha value is -3.44. The lowest BCUT2D eigenvalue weighted by Crippen LogP contribution is -2.40. The Morgan fingerprint density at radius 2 is 1.76 bits per heavy atom. The Bertz CT molecular complexity index is 1470. The minimum atomic E-state index is -4.07. The van der Waals surface area contributed by atoms with Gasteiger partial charge < -0.3 is 5.32 Å². The number of rotatable bonds is 5. The number of nitrogens with one attached hydrogen (secondary N) is 1. The molecule has 0 aromatic heterocycles. The fourth-order valence-electron chi connectivity index (χ4n) is 3.58. The van der Waals surface area contributed by atoms with Crippen LogP contribution in [0.25, 0.3) is 11.1 Å². The smallest absolute Gasteiger partial charge is 0.265 e. The van der Waals surface area contributed by atoms with E-state index in [4.69, 9.17) is 0 Å². The number of hydrogen-bond acceptors (Lipinski definition) is 5. The second-order valence-corrected chi connectivity index (χ2v) is 11.3. The summed E-state index contributed by atoms with van der Waals surface area (Å²) in [5.74, 6) is -1.17. The molecule has 1 amide bonds. The third-order valence-electron chi connectivity index (χ3n) is 5.25. The van der Waals surface area contributed by atoms with Crippen LogP contribution in [0.5, 0.6) is 0 Å². The molecule has 0 aliphatic carbocycles. The Morgan fingerprint density at radius 1 is 1.03 bits per heavy atom. The van der Waals surface area contributed by atoms with Gasteiger partial charge >= 0.3 is 0 Å². The van der Waals surface area contributed by atoms with Gasteiger partial charge in [0.15, 0.2) is 0 Å². The van der Waals surface area contributed by atoms with E-state index in [1.807, 2.05) is 0 Å². The number of fused-ring (bicyclic) bond motifs is 3. The minimum absolute atomic E-state index is 0.0207. The number of carbonyl (C=O) groups excluding carboxylic acids is 1. The van der Waals surface area contributed by atoms with Crippen molar-refractivity contribution in [2.75, 3.05) is 33.8 Å². The first-order valence-electron chi connectivity index (χ1n) is 9.74. The van der Waals surface area contributed by atoms with E-state index in [0.717, 1.165) is 20.9 Å². The van der Waals surface area contributed by atoms with Crippen LogP contribution < -0.4 is 13.9 Å². The fraction of sp³-hybridized carbons (Fsp3) is 0.136. The minimum Gasteiger partial charge on any atom is -0.324 e. The Morgan fingerprint density at radius 3 is 2.48 bits per heavy atom. The molecule has 1 aliphatic heterocycles. The molecule has 3 aromatic rings. The zero-order valence-electron chi connectivity index (χ0n) is 17.7. The molecular weight excluding hydrogens is 469 g/mol. The van der Waals surface area contributed by atoms with Gasteiger partial charge in [0, 0.05) is 23.9 Å². The topological polar surface area (TPSA) is 104 Å². The lowest BCUT2D eigenvalue weighted by atomic mass is 10.0. The van der Waals surface area contributed by atoms with Gasteiger partial charge in [-0.25, -0.2) is 21.2 Å². The maximum absolute atomic E-state index is 14.0. The highest BCUT2D eigenvalue weighted by Gasteiger charge is 2.36. The van der Waals surface area contributed by atoms with Gasteiger partial charge in [-0.15, -0.1) is 0 Å². The number of carbonyl (C=O) groups is 1. The molecule has 1 aliphatic rings. The van der Waals surface area contributed by atoms with Gasteiger partial charge in [0.25, 0.3) is 10.0 Å². The molecule has 11 heteroatoms. The van der Waals surface area contributed by atoms with Crippen molar-refractivity contribution >= 4 is 43.0 Å². The molecule has 33 heavy (non-hydrogen) atoms. The maximum atomic E-state index is 14.0. The molecule has 0 radical (unpaired) electrons. The number of anilines is 3. The molecule has 0 saturated carbocycles. The molecule has 0 fully saturated rings. The SMILES string of the molecule is CN(c1cccc(NC(=O)CN2c3ccc(F)cc3-c3ccccc3S2(=O)=O)c1)S(C)(=O)=O. The van der Waals surface area contributed by atoms with Crippen LogP contribution in [0.4, 0.5) is 21.5 Å². The average molecular weight is 490 g/mol. The summed E-state index contributed by atoms with van der Waals surface area (Å²) in [6.45, 7) is -0.554. The quantitative estimate of drug-likeness (QED) is 0.593. The largest absolute Gasteiger partial charge is 0.324 e. The third-order valence-corrected chi connectivity index (χ3v) is 8.27. The monoisotopic (exact) mass is 489 g/mol.